The fraction of sp³-hybridized carbons (Fsp3) is 0.455. The van der Waals surface area contributed by atoms with Crippen LogP contribution in [-0.4, -0.2) is 84.9 Å². The lowest BCUT2D eigenvalue weighted by atomic mass is 10.1. The van der Waals surface area contributed by atoms with Crippen LogP contribution in [0.5, 0.6) is 11.5 Å². The number of hydrogen-bond donors (Lipinski definition) is 4. The van der Waals surface area contributed by atoms with Crippen LogP contribution < -0.4 is 4.74 Å². The highest BCUT2D eigenvalue weighted by molar-refractivity contribution is 7.53. The molecule has 4 N–H and O–H groups in total. The molecule has 0 aliphatic heterocycles. The van der Waals surface area contributed by atoms with E-state index in [1.165, 1.54) is 19.8 Å². The number of phenols is 1. The van der Waals surface area contributed by atoms with Gasteiger partial charge in [-0.05, 0) is 63.8 Å². The SMILES string of the molecule is C.C=C(COCCP(=O)(O)O)C(=O)Oc1c(C)cc(C)cc1C.C=C(COCCP(=O)(OC)OC)C(=O)O.Cc1cc(C)c(O)c(C)c1. The molecular weight excluding hydrogens is 666 g/mol. The normalized spacial score (nSPS) is 10.8. The van der Waals surface area contributed by atoms with Gasteiger partial charge in [-0.1, -0.05) is 56.0 Å². The van der Waals surface area contributed by atoms with Crippen LogP contribution in [0.25, 0.3) is 0 Å². The lowest BCUT2D eigenvalue weighted by Gasteiger charge is -2.13. The minimum absolute atomic E-state index is 0. The smallest absolute Gasteiger partial charge is 0.341 e. The fourth-order valence-corrected chi connectivity index (χ4v) is 5.03. The van der Waals surface area contributed by atoms with Gasteiger partial charge in [0.05, 0.1) is 49.9 Å². The van der Waals surface area contributed by atoms with E-state index in [9.17, 15) is 23.8 Å². The van der Waals surface area contributed by atoms with E-state index < -0.39 is 33.3 Å². The highest BCUT2D eigenvalue weighted by Gasteiger charge is 2.20. The van der Waals surface area contributed by atoms with Gasteiger partial charge in [0.25, 0.3) is 0 Å². The van der Waals surface area contributed by atoms with E-state index in [-0.39, 0.29) is 51.2 Å². The molecule has 0 radical (unpaired) electrons. The minimum Gasteiger partial charge on any atom is -0.507 e. The Morgan fingerprint density at radius 3 is 1.52 bits per heavy atom. The molecule has 0 saturated heterocycles. The number of carbonyl (C=O) groups is 2. The van der Waals surface area contributed by atoms with Crippen LogP contribution in [0.4, 0.5) is 0 Å². The second-order valence-corrected chi connectivity index (χ2v) is 14.7. The number of esters is 1. The third-order valence-electron chi connectivity index (χ3n) is 6.17. The van der Waals surface area contributed by atoms with Crippen molar-refractivity contribution in [1.29, 1.82) is 0 Å². The molecule has 0 bridgehead atoms. The maximum atomic E-state index is 11.9. The van der Waals surface area contributed by atoms with E-state index >= 15 is 0 Å². The predicted octanol–water partition coefficient (Wildman–Crippen LogP) is 6.35. The number of benzene rings is 2. The van der Waals surface area contributed by atoms with E-state index in [1.54, 1.807) is 0 Å². The molecular formula is C33H52O13P2. The van der Waals surface area contributed by atoms with E-state index in [1.807, 2.05) is 65.8 Å². The molecule has 0 aliphatic rings. The molecule has 15 heteroatoms. The number of aliphatic carboxylic acids is 1. The van der Waals surface area contributed by atoms with Crippen molar-refractivity contribution in [2.45, 2.75) is 49.0 Å². The first-order valence-corrected chi connectivity index (χ1v) is 17.7. The van der Waals surface area contributed by atoms with Gasteiger partial charge < -0.3 is 43.3 Å². The summed E-state index contributed by atoms with van der Waals surface area (Å²) in [6, 6.07) is 7.77. The first-order valence-electron chi connectivity index (χ1n) is 14.2. The van der Waals surface area contributed by atoms with Gasteiger partial charge in [-0.25, -0.2) is 9.59 Å². The van der Waals surface area contributed by atoms with Crippen molar-refractivity contribution in [3.63, 3.8) is 0 Å². The average molecular weight is 719 g/mol. The van der Waals surface area contributed by atoms with Gasteiger partial charge in [-0.3, -0.25) is 9.13 Å². The lowest BCUT2D eigenvalue weighted by molar-refractivity contribution is -0.133. The minimum atomic E-state index is -4.09. The Kier molecular flexibility index (Phi) is 22.0. The van der Waals surface area contributed by atoms with E-state index in [2.05, 4.69) is 22.2 Å². The third kappa shape index (κ3) is 19.0. The van der Waals surface area contributed by atoms with Crippen molar-refractivity contribution < 1.29 is 62.0 Å². The largest absolute Gasteiger partial charge is 0.507 e. The van der Waals surface area contributed by atoms with Crippen molar-refractivity contribution in [3.05, 3.63) is 82.0 Å². The molecule has 2 aromatic carbocycles. The Morgan fingerprint density at radius 2 is 1.12 bits per heavy atom. The van der Waals surface area contributed by atoms with E-state index in [0.29, 0.717) is 11.5 Å². The van der Waals surface area contributed by atoms with Gasteiger partial charge in [0.2, 0.25) is 0 Å². The van der Waals surface area contributed by atoms with Crippen molar-refractivity contribution >= 4 is 27.1 Å². The lowest BCUT2D eigenvalue weighted by Crippen LogP contribution is -2.16. The van der Waals surface area contributed by atoms with Crippen LogP contribution in [-0.2, 0) is 37.2 Å². The van der Waals surface area contributed by atoms with Crippen LogP contribution in [0.15, 0.2) is 48.6 Å². The monoisotopic (exact) mass is 718 g/mol. The van der Waals surface area contributed by atoms with E-state index in [4.69, 9.17) is 29.1 Å². The summed E-state index contributed by atoms with van der Waals surface area (Å²) < 4.78 is 46.7. The molecule has 13 nitrogen and oxygen atoms in total. The molecule has 2 rings (SSSR count). The van der Waals surface area contributed by atoms with Crippen molar-refractivity contribution in [2.24, 2.45) is 0 Å². The summed E-state index contributed by atoms with van der Waals surface area (Å²) in [6.45, 7) is 18.0. The molecule has 2 aromatic rings. The van der Waals surface area contributed by atoms with Gasteiger partial charge in [0.15, 0.2) is 0 Å². The second-order valence-electron chi connectivity index (χ2n) is 10.6. The first kappa shape index (κ1) is 47.0. The number of aryl methyl sites for hydroxylation is 6. The summed E-state index contributed by atoms with van der Waals surface area (Å²) in [7, 11) is -4.60. The van der Waals surface area contributed by atoms with Crippen LogP contribution in [0.2, 0.25) is 0 Å². The van der Waals surface area contributed by atoms with Crippen LogP contribution in [0.3, 0.4) is 0 Å². The highest BCUT2D eigenvalue weighted by Crippen LogP contribution is 2.45. The zero-order chi connectivity index (χ0) is 36.5. The standard InChI is InChI=1S/C15H21O6P.C9H12O.C8H15O6P.CH4/c1-10-7-11(2)14(12(3)8-10)21-15(16)13(4)9-20-5-6-22(17,18)19;1-6-4-7(2)9(10)8(3)5-6;1-7(8(9)10)6-14-4-5-15(11,12-2)13-3;/h7-8H,4-6,9H2,1-3H3,(H2,17,18,19);4-5,10H,1-3H3;1,4-6H2,2-3H3,(H,9,10);1H4. The summed E-state index contributed by atoms with van der Waals surface area (Å²) in [4.78, 5) is 39.6. The molecule has 272 valence electrons. The maximum Gasteiger partial charge on any atom is 0.341 e. The Balaban J connectivity index is 0. The number of rotatable bonds is 15. The summed E-state index contributed by atoms with van der Waals surface area (Å²) in [6.07, 6.45) is -0.321. The van der Waals surface area contributed by atoms with Gasteiger partial charge in [-0.15, -0.1) is 0 Å². The average Bonchev–Trinajstić information content (AvgIpc) is 2.97. The zero-order valence-corrected chi connectivity index (χ0v) is 30.1. The molecule has 0 saturated carbocycles. The van der Waals surface area contributed by atoms with Crippen molar-refractivity contribution in [2.75, 3.05) is 53.0 Å². The fourth-order valence-electron chi connectivity index (χ4n) is 3.79. The zero-order valence-electron chi connectivity index (χ0n) is 28.3. The first-order chi connectivity index (χ1) is 21.7. The van der Waals surface area contributed by atoms with Gasteiger partial charge in [0.1, 0.15) is 11.5 Å². The molecule has 0 heterocycles. The number of aromatic hydroxyl groups is 1. The summed E-state index contributed by atoms with van der Waals surface area (Å²) in [5.74, 6) is -0.819. The molecule has 0 amide bonds. The number of hydrogen-bond acceptors (Lipinski definition) is 10. The molecule has 0 unspecified atom stereocenters. The Labute approximate surface area is 284 Å². The number of carboxylic acids is 1. The maximum absolute atomic E-state index is 11.9. The molecule has 0 aliphatic carbocycles. The van der Waals surface area contributed by atoms with Gasteiger partial charge in [-0.2, -0.15) is 0 Å². The van der Waals surface area contributed by atoms with Gasteiger partial charge >= 0.3 is 27.1 Å². The van der Waals surface area contributed by atoms with Crippen molar-refractivity contribution in [1.82, 2.24) is 0 Å². The van der Waals surface area contributed by atoms with Crippen LogP contribution >= 0.6 is 15.2 Å². The number of ether oxygens (including phenoxy) is 3. The van der Waals surface area contributed by atoms with Gasteiger partial charge in [0, 0.05) is 14.2 Å². The van der Waals surface area contributed by atoms with E-state index in [0.717, 1.165) is 27.8 Å². The topological polar surface area (TPSA) is 195 Å². The summed E-state index contributed by atoms with van der Waals surface area (Å²) in [5.41, 5.74) is 5.92. The highest BCUT2D eigenvalue weighted by atomic mass is 31.2. The second kappa shape index (κ2) is 22.5. The number of carboxylic acid groups (broad SMARTS) is 1. The Morgan fingerprint density at radius 1 is 0.729 bits per heavy atom. The third-order valence-corrected chi connectivity index (χ3v) is 8.78. The molecule has 48 heavy (non-hydrogen) atoms. The van der Waals surface area contributed by atoms with Crippen LogP contribution in [0, 0.1) is 41.5 Å². The molecule has 0 spiro atoms. The van der Waals surface area contributed by atoms with Crippen LogP contribution in [0.1, 0.15) is 40.8 Å². The quantitative estimate of drug-likeness (QED) is 0.0523. The molecule has 0 aromatic heterocycles. The summed E-state index contributed by atoms with van der Waals surface area (Å²) >= 11 is 0. The Hall–Kier alpha value is -3.12. The number of phenolic OH excluding ortho intramolecular Hbond substituents is 1. The van der Waals surface area contributed by atoms with Crippen molar-refractivity contribution in [3.8, 4) is 11.5 Å². The predicted molar refractivity (Wildman–Crippen MR) is 186 cm³/mol. The Bertz CT molecular complexity index is 1420. The summed E-state index contributed by atoms with van der Waals surface area (Å²) in [5, 5.41) is 17.8. The molecule has 0 fully saturated rings. The molecule has 0 atom stereocenters. The number of carbonyl (C=O) groups excluding carboxylic acids is 1.